The van der Waals surface area contributed by atoms with Crippen molar-refractivity contribution in [3.63, 3.8) is 0 Å². The summed E-state index contributed by atoms with van der Waals surface area (Å²) in [5.74, 6) is 0.784. The van der Waals surface area contributed by atoms with Gasteiger partial charge in [-0.15, -0.1) is 11.8 Å². The molecule has 6 heteroatoms. The van der Waals surface area contributed by atoms with Crippen molar-refractivity contribution in [1.82, 2.24) is 5.16 Å². The summed E-state index contributed by atoms with van der Waals surface area (Å²) in [5, 5.41) is 12.1. The van der Waals surface area contributed by atoms with Crippen molar-refractivity contribution in [2.24, 2.45) is 0 Å². The average Bonchev–Trinajstić information content (AvgIpc) is 2.86. The SMILES string of the molecule is COc1ccc(SCc2cc(C(=O)O)no2)cc1. The van der Waals surface area contributed by atoms with Gasteiger partial charge in [0.1, 0.15) is 11.5 Å². The molecule has 1 aromatic heterocycles. The maximum absolute atomic E-state index is 10.6. The zero-order valence-corrected chi connectivity index (χ0v) is 10.4. The third-order valence-corrected chi connectivity index (χ3v) is 3.25. The molecule has 0 spiro atoms. The predicted octanol–water partition coefficient (Wildman–Crippen LogP) is 2.67. The maximum atomic E-state index is 10.6. The number of methoxy groups -OCH3 is 1. The van der Waals surface area contributed by atoms with Crippen molar-refractivity contribution in [3.05, 3.63) is 41.8 Å². The van der Waals surface area contributed by atoms with Crippen LogP contribution in [0.1, 0.15) is 16.2 Å². The smallest absolute Gasteiger partial charge is 0.358 e. The molecule has 0 atom stereocenters. The van der Waals surface area contributed by atoms with Crippen molar-refractivity contribution >= 4 is 17.7 Å². The largest absolute Gasteiger partial charge is 0.497 e. The lowest BCUT2D eigenvalue weighted by atomic mass is 10.3. The summed E-state index contributed by atoms with van der Waals surface area (Å²) in [6.45, 7) is 0. The molecule has 0 aliphatic carbocycles. The van der Waals surface area contributed by atoms with E-state index in [1.165, 1.54) is 17.8 Å². The van der Waals surface area contributed by atoms with Gasteiger partial charge in [-0.2, -0.15) is 0 Å². The second kappa shape index (κ2) is 5.59. The summed E-state index contributed by atoms with van der Waals surface area (Å²) < 4.78 is 9.97. The maximum Gasteiger partial charge on any atom is 0.358 e. The minimum Gasteiger partial charge on any atom is -0.497 e. The van der Waals surface area contributed by atoms with Crippen LogP contribution >= 0.6 is 11.8 Å². The molecule has 1 N–H and O–H groups in total. The zero-order chi connectivity index (χ0) is 13.0. The first-order valence-corrected chi connectivity index (χ1v) is 6.13. The summed E-state index contributed by atoms with van der Waals surface area (Å²) in [7, 11) is 1.62. The molecule has 0 fully saturated rings. The number of thioether (sulfide) groups is 1. The summed E-state index contributed by atoms with van der Waals surface area (Å²) in [6.07, 6.45) is 0. The van der Waals surface area contributed by atoms with E-state index in [9.17, 15) is 4.79 Å². The van der Waals surface area contributed by atoms with Crippen molar-refractivity contribution in [3.8, 4) is 5.75 Å². The molecular weight excluding hydrogens is 254 g/mol. The first-order chi connectivity index (χ1) is 8.69. The number of aromatic carboxylic acids is 1. The lowest BCUT2D eigenvalue weighted by Crippen LogP contribution is -1.94. The van der Waals surface area contributed by atoms with E-state index in [2.05, 4.69) is 5.16 Å². The number of carboxylic acid groups (broad SMARTS) is 1. The Kier molecular flexibility index (Phi) is 3.88. The quantitative estimate of drug-likeness (QED) is 0.838. The summed E-state index contributed by atoms with van der Waals surface area (Å²) in [4.78, 5) is 11.7. The van der Waals surface area contributed by atoms with Crippen LogP contribution in [0.2, 0.25) is 0 Å². The van der Waals surface area contributed by atoms with Crippen LogP contribution in [0.15, 0.2) is 39.8 Å². The van der Waals surface area contributed by atoms with E-state index in [0.29, 0.717) is 11.5 Å². The lowest BCUT2D eigenvalue weighted by molar-refractivity contribution is 0.0685. The molecule has 0 unspecified atom stereocenters. The molecule has 0 amide bonds. The summed E-state index contributed by atoms with van der Waals surface area (Å²) in [5.41, 5.74) is -0.0691. The highest BCUT2D eigenvalue weighted by Gasteiger charge is 2.10. The first kappa shape index (κ1) is 12.5. The third kappa shape index (κ3) is 3.04. The number of hydrogen-bond acceptors (Lipinski definition) is 5. The molecular formula is C12H11NO4S. The Morgan fingerprint density at radius 3 is 2.72 bits per heavy atom. The number of carbonyl (C=O) groups is 1. The number of rotatable bonds is 5. The standard InChI is InChI=1S/C12H11NO4S/c1-16-8-2-4-10(5-3-8)18-7-9-6-11(12(14)15)13-17-9/h2-6H,7H2,1H3,(H,14,15). The van der Waals surface area contributed by atoms with E-state index in [4.69, 9.17) is 14.4 Å². The van der Waals surface area contributed by atoms with Gasteiger partial charge in [0.05, 0.1) is 12.9 Å². The van der Waals surface area contributed by atoms with Crippen LogP contribution in [0.4, 0.5) is 0 Å². The monoisotopic (exact) mass is 265 g/mol. The molecule has 18 heavy (non-hydrogen) atoms. The van der Waals surface area contributed by atoms with Gasteiger partial charge >= 0.3 is 5.97 Å². The second-order valence-electron chi connectivity index (χ2n) is 3.45. The van der Waals surface area contributed by atoms with E-state index in [0.717, 1.165) is 10.6 Å². The van der Waals surface area contributed by atoms with E-state index in [1.807, 2.05) is 24.3 Å². The molecule has 0 aliphatic rings. The Hall–Kier alpha value is -1.95. The molecule has 0 radical (unpaired) electrons. The number of benzene rings is 1. The molecule has 0 saturated carbocycles. The van der Waals surface area contributed by atoms with Crippen molar-refractivity contribution in [1.29, 1.82) is 0 Å². The highest BCUT2D eigenvalue weighted by atomic mass is 32.2. The summed E-state index contributed by atoms with van der Waals surface area (Å²) in [6, 6.07) is 9.02. The Bertz CT molecular complexity index is 535. The summed E-state index contributed by atoms with van der Waals surface area (Å²) >= 11 is 1.54. The Labute approximate surface area is 108 Å². The minimum absolute atomic E-state index is 0.0691. The van der Waals surface area contributed by atoms with E-state index >= 15 is 0 Å². The fourth-order valence-electron chi connectivity index (χ4n) is 1.31. The van der Waals surface area contributed by atoms with Crippen molar-refractivity contribution in [2.75, 3.05) is 7.11 Å². The minimum atomic E-state index is -1.08. The normalized spacial score (nSPS) is 10.3. The van der Waals surface area contributed by atoms with Crippen LogP contribution < -0.4 is 4.74 Å². The molecule has 1 heterocycles. The Morgan fingerprint density at radius 2 is 2.17 bits per heavy atom. The van der Waals surface area contributed by atoms with Gasteiger partial charge in [0.25, 0.3) is 0 Å². The highest BCUT2D eigenvalue weighted by Crippen LogP contribution is 2.25. The van der Waals surface area contributed by atoms with E-state index < -0.39 is 5.97 Å². The number of ether oxygens (including phenoxy) is 1. The van der Waals surface area contributed by atoms with E-state index in [1.54, 1.807) is 7.11 Å². The van der Waals surface area contributed by atoms with Gasteiger partial charge in [0, 0.05) is 11.0 Å². The van der Waals surface area contributed by atoms with Crippen molar-refractivity contribution < 1.29 is 19.2 Å². The first-order valence-electron chi connectivity index (χ1n) is 5.15. The van der Waals surface area contributed by atoms with Gasteiger partial charge in [-0.3, -0.25) is 0 Å². The predicted molar refractivity (Wildman–Crippen MR) is 66.0 cm³/mol. The van der Waals surface area contributed by atoms with Gasteiger partial charge in [0.2, 0.25) is 0 Å². The zero-order valence-electron chi connectivity index (χ0n) is 9.62. The number of hydrogen-bond donors (Lipinski definition) is 1. The van der Waals surface area contributed by atoms with Gasteiger partial charge in [-0.1, -0.05) is 5.16 Å². The lowest BCUT2D eigenvalue weighted by Gasteiger charge is -2.01. The Morgan fingerprint density at radius 1 is 1.44 bits per heavy atom. The molecule has 0 aliphatic heterocycles. The Balaban J connectivity index is 1.95. The van der Waals surface area contributed by atoms with Crippen LogP contribution in [0, 0.1) is 0 Å². The molecule has 1 aromatic carbocycles. The number of carboxylic acids is 1. The van der Waals surface area contributed by atoms with Gasteiger partial charge in [0.15, 0.2) is 5.69 Å². The van der Waals surface area contributed by atoms with Crippen LogP contribution in [0.5, 0.6) is 5.75 Å². The molecule has 5 nitrogen and oxygen atoms in total. The fourth-order valence-corrected chi connectivity index (χ4v) is 2.08. The van der Waals surface area contributed by atoms with Crippen LogP contribution in [0.25, 0.3) is 0 Å². The van der Waals surface area contributed by atoms with Crippen LogP contribution in [-0.4, -0.2) is 23.3 Å². The van der Waals surface area contributed by atoms with Crippen LogP contribution in [-0.2, 0) is 5.75 Å². The third-order valence-electron chi connectivity index (χ3n) is 2.22. The second-order valence-corrected chi connectivity index (χ2v) is 4.50. The number of nitrogens with zero attached hydrogens (tertiary/aromatic N) is 1. The molecule has 2 rings (SSSR count). The topological polar surface area (TPSA) is 72.6 Å². The van der Waals surface area contributed by atoms with Gasteiger partial charge in [-0.25, -0.2) is 4.79 Å². The van der Waals surface area contributed by atoms with E-state index in [-0.39, 0.29) is 5.69 Å². The highest BCUT2D eigenvalue weighted by molar-refractivity contribution is 7.98. The molecule has 0 saturated heterocycles. The average molecular weight is 265 g/mol. The van der Waals surface area contributed by atoms with Gasteiger partial charge < -0.3 is 14.4 Å². The van der Waals surface area contributed by atoms with Crippen molar-refractivity contribution in [2.45, 2.75) is 10.6 Å². The molecule has 0 bridgehead atoms. The number of aromatic nitrogens is 1. The van der Waals surface area contributed by atoms with Gasteiger partial charge in [-0.05, 0) is 24.3 Å². The fraction of sp³-hybridized carbons (Fsp3) is 0.167. The molecule has 2 aromatic rings. The molecule has 94 valence electrons. The van der Waals surface area contributed by atoms with Crippen LogP contribution in [0.3, 0.4) is 0 Å².